The van der Waals surface area contributed by atoms with Gasteiger partial charge in [-0.1, -0.05) is 11.6 Å². The van der Waals surface area contributed by atoms with Crippen molar-refractivity contribution in [2.45, 2.75) is 6.54 Å². The molecule has 1 aromatic heterocycles. The Hall–Kier alpha value is -0.680. The van der Waals surface area contributed by atoms with Gasteiger partial charge in [0.05, 0.1) is 16.8 Å². The Kier molecular flexibility index (Phi) is 3.29. The van der Waals surface area contributed by atoms with E-state index in [-0.39, 0.29) is 0 Å². The van der Waals surface area contributed by atoms with Gasteiger partial charge in [0.25, 0.3) is 0 Å². The van der Waals surface area contributed by atoms with Crippen molar-refractivity contribution in [3.05, 3.63) is 28.2 Å². The minimum atomic E-state index is 0.787. The lowest BCUT2D eigenvalue weighted by atomic mass is 10.3. The summed E-state index contributed by atoms with van der Waals surface area (Å²) in [6.07, 6.45) is 0. The fourth-order valence-electron chi connectivity index (χ4n) is 2.07. The number of rotatable bonds is 2. The lowest BCUT2D eigenvalue weighted by Gasteiger charge is -2.25. The summed E-state index contributed by atoms with van der Waals surface area (Å²) in [4.78, 5) is 7.09. The van der Waals surface area contributed by atoms with Crippen LogP contribution >= 0.6 is 22.9 Å². The van der Waals surface area contributed by atoms with E-state index in [4.69, 9.17) is 11.6 Å². The molecule has 0 atom stereocenters. The molecule has 1 aliphatic heterocycles. The van der Waals surface area contributed by atoms with Crippen LogP contribution in [-0.4, -0.2) is 36.1 Å². The zero-order valence-electron chi connectivity index (χ0n) is 9.45. The molecule has 1 N–H and O–H groups in total. The van der Waals surface area contributed by atoms with E-state index in [1.165, 1.54) is 9.71 Å². The Labute approximate surface area is 109 Å². The van der Waals surface area contributed by atoms with Crippen molar-refractivity contribution >= 4 is 33.2 Å². The third-order valence-electron chi connectivity index (χ3n) is 2.96. The van der Waals surface area contributed by atoms with Crippen LogP contribution in [0.5, 0.6) is 0 Å². The van der Waals surface area contributed by atoms with Crippen molar-refractivity contribution in [1.82, 2.24) is 15.2 Å². The highest BCUT2D eigenvalue weighted by molar-refractivity contribution is 7.18. The van der Waals surface area contributed by atoms with Crippen molar-refractivity contribution in [2.24, 2.45) is 0 Å². The summed E-state index contributed by atoms with van der Waals surface area (Å²) < 4.78 is 1.18. The molecule has 0 saturated carbocycles. The number of aromatic nitrogens is 1. The average Bonchev–Trinajstić information content (AvgIpc) is 2.71. The molecule has 3 rings (SSSR count). The van der Waals surface area contributed by atoms with Gasteiger partial charge in [-0.15, -0.1) is 11.3 Å². The molecule has 1 aliphatic rings. The van der Waals surface area contributed by atoms with Crippen LogP contribution in [0.2, 0.25) is 5.02 Å². The van der Waals surface area contributed by atoms with Crippen LogP contribution in [0, 0.1) is 0 Å². The number of nitrogens with zero attached hydrogens (tertiary/aromatic N) is 2. The van der Waals surface area contributed by atoms with Gasteiger partial charge in [0.15, 0.2) is 0 Å². The molecular weight excluding hydrogens is 254 g/mol. The summed E-state index contributed by atoms with van der Waals surface area (Å²) in [5.41, 5.74) is 1.06. The third kappa shape index (κ3) is 2.60. The molecule has 1 saturated heterocycles. The molecular formula is C12H14ClN3S. The first-order chi connectivity index (χ1) is 8.31. The molecule has 0 bridgehead atoms. The summed E-state index contributed by atoms with van der Waals surface area (Å²) in [5, 5.41) is 5.33. The smallest absolute Gasteiger partial charge is 0.108 e. The van der Waals surface area contributed by atoms with Gasteiger partial charge in [-0.25, -0.2) is 4.98 Å². The number of piperazine rings is 1. The molecule has 2 heterocycles. The van der Waals surface area contributed by atoms with E-state index in [1.54, 1.807) is 11.3 Å². The van der Waals surface area contributed by atoms with Crippen LogP contribution in [-0.2, 0) is 6.54 Å². The molecule has 3 nitrogen and oxygen atoms in total. The summed E-state index contributed by atoms with van der Waals surface area (Å²) in [6, 6.07) is 5.89. The maximum Gasteiger partial charge on any atom is 0.108 e. The molecule has 0 unspecified atom stereocenters. The highest BCUT2D eigenvalue weighted by atomic mass is 35.5. The van der Waals surface area contributed by atoms with Crippen LogP contribution in [0.1, 0.15) is 5.01 Å². The first kappa shape index (κ1) is 11.4. The van der Waals surface area contributed by atoms with Crippen molar-refractivity contribution in [3.8, 4) is 0 Å². The molecule has 0 radical (unpaired) electrons. The standard InChI is InChI=1S/C12H14ClN3S/c13-9-1-2-10-11(7-9)17-12(15-10)8-16-5-3-14-4-6-16/h1-2,7,14H,3-6,8H2. The SMILES string of the molecule is Clc1ccc2nc(CN3CCNCC3)sc2c1. The van der Waals surface area contributed by atoms with Crippen LogP contribution in [0.25, 0.3) is 10.2 Å². The second kappa shape index (κ2) is 4.90. The number of hydrogen-bond donors (Lipinski definition) is 1. The van der Waals surface area contributed by atoms with Crippen molar-refractivity contribution in [2.75, 3.05) is 26.2 Å². The van der Waals surface area contributed by atoms with Gasteiger partial charge in [0.2, 0.25) is 0 Å². The van der Waals surface area contributed by atoms with Crippen LogP contribution in [0.4, 0.5) is 0 Å². The van der Waals surface area contributed by atoms with Crippen molar-refractivity contribution in [1.29, 1.82) is 0 Å². The molecule has 0 amide bonds. The van der Waals surface area contributed by atoms with Gasteiger partial charge < -0.3 is 5.32 Å². The van der Waals surface area contributed by atoms with Crippen molar-refractivity contribution in [3.63, 3.8) is 0 Å². The predicted octanol–water partition coefficient (Wildman–Crippen LogP) is 2.35. The summed E-state index contributed by atoms with van der Waals surface area (Å²) >= 11 is 7.73. The summed E-state index contributed by atoms with van der Waals surface area (Å²) in [5.74, 6) is 0. The molecule has 17 heavy (non-hydrogen) atoms. The highest BCUT2D eigenvalue weighted by Crippen LogP contribution is 2.25. The highest BCUT2D eigenvalue weighted by Gasteiger charge is 2.12. The molecule has 0 aliphatic carbocycles. The predicted molar refractivity (Wildman–Crippen MR) is 72.8 cm³/mol. The van der Waals surface area contributed by atoms with E-state index in [0.29, 0.717) is 0 Å². The number of hydrogen-bond acceptors (Lipinski definition) is 4. The number of fused-ring (bicyclic) bond motifs is 1. The van der Waals surface area contributed by atoms with Crippen LogP contribution in [0.15, 0.2) is 18.2 Å². The Balaban J connectivity index is 1.80. The zero-order chi connectivity index (χ0) is 11.7. The number of halogens is 1. The van der Waals surface area contributed by atoms with Crippen LogP contribution in [0.3, 0.4) is 0 Å². The van der Waals surface area contributed by atoms with E-state index in [0.717, 1.165) is 43.3 Å². The minimum Gasteiger partial charge on any atom is -0.314 e. The van der Waals surface area contributed by atoms with Gasteiger partial charge in [-0.3, -0.25) is 4.90 Å². The first-order valence-electron chi connectivity index (χ1n) is 5.79. The van der Waals surface area contributed by atoms with Gasteiger partial charge in [0.1, 0.15) is 5.01 Å². The molecule has 1 fully saturated rings. The lowest BCUT2D eigenvalue weighted by Crippen LogP contribution is -2.42. The zero-order valence-corrected chi connectivity index (χ0v) is 11.0. The van der Waals surface area contributed by atoms with E-state index >= 15 is 0 Å². The quantitative estimate of drug-likeness (QED) is 0.905. The Morgan fingerprint density at radius 1 is 1.35 bits per heavy atom. The van der Waals surface area contributed by atoms with E-state index in [9.17, 15) is 0 Å². The van der Waals surface area contributed by atoms with Gasteiger partial charge >= 0.3 is 0 Å². The van der Waals surface area contributed by atoms with Gasteiger partial charge in [-0.05, 0) is 18.2 Å². The van der Waals surface area contributed by atoms with Gasteiger partial charge in [0, 0.05) is 31.2 Å². The average molecular weight is 268 g/mol. The molecule has 1 aromatic carbocycles. The first-order valence-corrected chi connectivity index (χ1v) is 6.99. The van der Waals surface area contributed by atoms with E-state index in [1.807, 2.05) is 18.2 Å². The number of thiazole rings is 1. The Bertz CT molecular complexity index is 519. The molecule has 2 aromatic rings. The summed E-state index contributed by atoms with van der Waals surface area (Å²) in [6.45, 7) is 5.33. The minimum absolute atomic E-state index is 0.787. The number of nitrogens with one attached hydrogen (secondary N) is 1. The molecule has 0 spiro atoms. The largest absolute Gasteiger partial charge is 0.314 e. The second-order valence-corrected chi connectivity index (χ2v) is 5.80. The monoisotopic (exact) mass is 267 g/mol. The third-order valence-corrected chi connectivity index (χ3v) is 4.20. The topological polar surface area (TPSA) is 28.2 Å². The van der Waals surface area contributed by atoms with Gasteiger partial charge in [-0.2, -0.15) is 0 Å². The Morgan fingerprint density at radius 3 is 3.00 bits per heavy atom. The Morgan fingerprint density at radius 2 is 2.18 bits per heavy atom. The second-order valence-electron chi connectivity index (χ2n) is 4.25. The molecule has 5 heteroatoms. The summed E-state index contributed by atoms with van der Waals surface area (Å²) in [7, 11) is 0. The maximum absolute atomic E-state index is 5.98. The van der Waals surface area contributed by atoms with E-state index in [2.05, 4.69) is 15.2 Å². The van der Waals surface area contributed by atoms with Crippen LogP contribution < -0.4 is 5.32 Å². The fraction of sp³-hybridized carbons (Fsp3) is 0.417. The van der Waals surface area contributed by atoms with Crippen molar-refractivity contribution < 1.29 is 0 Å². The normalized spacial score (nSPS) is 17.7. The van der Waals surface area contributed by atoms with E-state index < -0.39 is 0 Å². The fourth-order valence-corrected chi connectivity index (χ4v) is 3.36. The lowest BCUT2D eigenvalue weighted by molar-refractivity contribution is 0.233. The number of benzene rings is 1. The maximum atomic E-state index is 5.98. The molecule has 90 valence electrons.